The van der Waals surface area contributed by atoms with Gasteiger partial charge in [0.2, 0.25) is 5.88 Å². The summed E-state index contributed by atoms with van der Waals surface area (Å²) in [7, 11) is 0. The molecule has 0 aromatic carbocycles. The first-order chi connectivity index (χ1) is 13.1. The molecule has 0 spiro atoms. The van der Waals surface area contributed by atoms with E-state index in [2.05, 4.69) is 26.0 Å². The first-order valence-corrected chi connectivity index (χ1v) is 10.2. The second kappa shape index (κ2) is 8.16. The van der Waals surface area contributed by atoms with E-state index >= 15 is 0 Å². The Bertz CT molecular complexity index is 872. The molecule has 2 atom stereocenters. The number of hydrogen-bond donors (Lipinski definition) is 0. The summed E-state index contributed by atoms with van der Waals surface area (Å²) < 4.78 is 13.9. The van der Waals surface area contributed by atoms with E-state index in [-0.39, 0.29) is 22.9 Å². The summed E-state index contributed by atoms with van der Waals surface area (Å²) in [6.45, 7) is 2.01. The molecule has 0 amide bonds. The van der Waals surface area contributed by atoms with Crippen LogP contribution in [0.15, 0.2) is 33.8 Å². The van der Waals surface area contributed by atoms with E-state index in [1.54, 1.807) is 12.4 Å². The summed E-state index contributed by atoms with van der Waals surface area (Å²) in [5.74, 6) is 0.574. The highest BCUT2D eigenvalue weighted by molar-refractivity contribution is 9.10. The summed E-state index contributed by atoms with van der Waals surface area (Å²) in [4.78, 5) is 18.9. The Kier molecular flexibility index (Phi) is 5.66. The van der Waals surface area contributed by atoms with Crippen LogP contribution >= 0.6 is 27.5 Å². The van der Waals surface area contributed by atoms with Gasteiger partial charge in [0.25, 0.3) is 5.56 Å². The van der Waals surface area contributed by atoms with Crippen LogP contribution in [-0.2, 0) is 4.74 Å². The maximum absolute atomic E-state index is 12.7. The topological polar surface area (TPSA) is 69.5 Å². The minimum absolute atomic E-state index is 0.0213. The molecule has 4 heterocycles. The second-order valence-electron chi connectivity index (χ2n) is 6.70. The average Bonchev–Trinajstić information content (AvgIpc) is 3.13. The monoisotopic (exact) mass is 454 g/mol. The fourth-order valence-electron chi connectivity index (χ4n) is 3.44. The molecule has 2 aliphatic heterocycles. The number of hydrogen-bond acceptors (Lipinski definition) is 6. The Hall–Kier alpha value is -1.64. The third kappa shape index (κ3) is 4.12. The molecule has 2 aromatic heterocycles. The standard InChI is InChI=1S/C18H20BrClN4O3/c19-12-4-6-21-15(9-12)27-13-5-7-23(11-13)14-10-22-24(18(25)17(14)20)16-3-1-2-8-26-16/h4,6,9-10,13,16H,1-3,5,7-8,11H2. The lowest BCUT2D eigenvalue weighted by Crippen LogP contribution is -2.33. The van der Waals surface area contributed by atoms with E-state index in [0.29, 0.717) is 24.7 Å². The second-order valence-corrected chi connectivity index (χ2v) is 8.00. The molecular weight excluding hydrogens is 436 g/mol. The number of anilines is 1. The van der Waals surface area contributed by atoms with Gasteiger partial charge in [-0.1, -0.05) is 27.5 Å². The minimum atomic E-state index is -0.324. The van der Waals surface area contributed by atoms with Crippen LogP contribution in [0.1, 0.15) is 31.9 Å². The Morgan fingerprint density at radius 3 is 3.00 bits per heavy atom. The fraction of sp³-hybridized carbons (Fsp3) is 0.500. The fourth-order valence-corrected chi connectivity index (χ4v) is 4.01. The summed E-state index contributed by atoms with van der Waals surface area (Å²) in [6.07, 6.45) is 6.64. The van der Waals surface area contributed by atoms with Crippen molar-refractivity contribution < 1.29 is 9.47 Å². The molecule has 27 heavy (non-hydrogen) atoms. The molecule has 2 aromatic rings. The number of ether oxygens (including phenoxy) is 2. The van der Waals surface area contributed by atoms with Crippen molar-refractivity contribution in [1.82, 2.24) is 14.8 Å². The van der Waals surface area contributed by atoms with Gasteiger partial charge < -0.3 is 14.4 Å². The lowest BCUT2D eigenvalue weighted by atomic mass is 10.2. The predicted octanol–water partition coefficient (Wildman–Crippen LogP) is 3.41. The number of pyridine rings is 1. The van der Waals surface area contributed by atoms with E-state index in [9.17, 15) is 4.79 Å². The molecule has 0 N–H and O–H groups in total. The molecule has 2 unspecified atom stereocenters. The van der Waals surface area contributed by atoms with Gasteiger partial charge >= 0.3 is 0 Å². The summed E-state index contributed by atoms with van der Waals surface area (Å²) in [5, 5.41) is 4.50. The summed E-state index contributed by atoms with van der Waals surface area (Å²) in [6, 6.07) is 3.69. The first kappa shape index (κ1) is 18.7. The molecule has 0 aliphatic carbocycles. The van der Waals surface area contributed by atoms with Gasteiger partial charge in [-0.2, -0.15) is 9.78 Å². The van der Waals surface area contributed by atoms with Crippen LogP contribution in [0, 0.1) is 0 Å². The number of aromatic nitrogens is 3. The average molecular weight is 456 g/mol. The van der Waals surface area contributed by atoms with E-state index < -0.39 is 0 Å². The van der Waals surface area contributed by atoms with E-state index in [4.69, 9.17) is 21.1 Å². The van der Waals surface area contributed by atoms with Crippen LogP contribution in [0.4, 0.5) is 5.69 Å². The van der Waals surface area contributed by atoms with Gasteiger partial charge in [0.1, 0.15) is 11.1 Å². The zero-order chi connectivity index (χ0) is 18.8. The molecule has 4 rings (SSSR count). The van der Waals surface area contributed by atoms with Gasteiger partial charge in [0.05, 0.1) is 18.4 Å². The SMILES string of the molecule is O=c1c(Cl)c(N2CCC(Oc3cc(Br)ccn3)C2)cnn1C1CCCCO1. The van der Waals surface area contributed by atoms with Crippen molar-refractivity contribution in [2.75, 3.05) is 24.6 Å². The Morgan fingerprint density at radius 1 is 1.33 bits per heavy atom. The maximum Gasteiger partial charge on any atom is 0.290 e. The molecular formula is C18H20BrClN4O3. The van der Waals surface area contributed by atoms with Gasteiger partial charge in [-0.25, -0.2) is 4.98 Å². The van der Waals surface area contributed by atoms with E-state index in [0.717, 1.165) is 36.7 Å². The van der Waals surface area contributed by atoms with Crippen LogP contribution in [0.2, 0.25) is 5.02 Å². The molecule has 7 nitrogen and oxygen atoms in total. The normalized spacial score (nSPS) is 22.8. The Balaban J connectivity index is 1.47. The van der Waals surface area contributed by atoms with Crippen molar-refractivity contribution in [3.8, 4) is 5.88 Å². The number of rotatable bonds is 4. The molecule has 2 saturated heterocycles. The highest BCUT2D eigenvalue weighted by Gasteiger charge is 2.28. The third-order valence-corrected chi connectivity index (χ3v) is 5.67. The van der Waals surface area contributed by atoms with Gasteiger partial charge in [-0.3, -0.25) is 4.79 Å². The molecule has 144 valence electrons. The van der Waals surface area contributed by atoms with Gasteiger partial charge in [0.15, 0.2) is 6.23 Å². The van der Waals surface area contributed by atoms with Gasteiger partial charge in [0, 0.05) is 36.3 Å². The summed E-state index contributed by atoms with van der Waals surface area (Å²) >= 11 is 9.81. The van der Waals surface area contributed by atoms with E-state index in [1.165, 1.54) is 4.68 Å². The molecule has 2 fully saturated rings. The van der Waals surface area contributed by atoms with Crippen molar-refractivity contribution in [1.29, 1.82) is 0 Å². The zero-order valence-electron chi connectivity index (χ0n) is 14.7. The minimum Gasteiger partial charge on any atom is -0.472 e. The van der Waals surface area contributed by atoms with Crippen molar-refractivity contribution in [3.05, 3.63) is 44.4 Å². The Labute approximate surface area is 170 Å². The Morgan fingerprint density at radius 2 is 2.22 bits per heavy atom. The largest absolute Gasteiger partial charge is 0.472 e. The zero-order valence-corrected chi connectivity index (χ0v) is 17.0. The van der Waals surface area contributed by atoms with Gasteiger partial charge in [-0.15, -0.1) is 0 Å². The molecule has 9 heteroatoms. The van der Waals surface area contributed by atoms with E-state index in [1.807, 2.05) is 17.0 Å². The van der Waals surface area contributed by atoms with Crippen LogP contribution in [0.25, 0.3) is 0 Å². The first-order valence-electron chi connectivity index (χ1n) is 9.04. The van der Waals surface area contributed by atoms with Crippen LogP contribution in [-0.4, -0.2) is 40.6 Å². The molecule has 0 bridgehead atoms. The highest BCUT2D eigenvalue weighted by Crippen LogP contribution is 2.28. The third-order valence-electron chi connectivity index (χ3n) is 4.82. The van der Waals surface area contributed by atoms with Crippen molar-refractivity contribution in [3.63, 3.8) is 0 Å². The van der Waals surface area contributed by atoms with Crippen LogP contribution in [0.3, 0.4) is 0 Å². The van der Waals surface area contributed by atoms with Crippen molar-refractivity contribution in [2.45, 2.75) is 38.0 Å². The predicted molar refractivity (Wildman–Crippen MR) is 106 cm³/mol. The number of nitrogens with zero attached hydrogens (tertiary/aromatic N) is 4. The van der Waals surface area contributed by atoms with Crippen molar-refractivity contribution >= 4 is 33.2 Å². The van der Waals surface area contributed by atoms with Crippen LogP contribution < -0.4 is 15.2 Å². The quantitative estimate of drug-likeness (QED) is 0.704. The molecule has 0 saturated carbocycles. The molecule has 0 radical (unpaired) electrons. The smallest absolute Gasteiger partial charge is 0.290 e. The van der Waals surface area contributed by atoms with Crippen molar-refractivity contribution in [2.24, 2.45) is 0 Å². The lowest BCUT2D eigenvalue weighted by Gasteiger charge is -2.25. The maximum atomic E-state index is 12.7. The van der Waals surface area contributed by atoms with Gasteiger partial charge in [-0.05, 0) is 25.3 Å². The number of halogens is 2. The molecule has 2 aliphatic rings. The summed E-state index contributed by atoms with van der Waals surface area (Å²) in [5.41, 5.74) is 0.334. The highest BCUT2D eigenvalue weighted by atomic mass is 79.9. The lowest BCUT2D eigenvalue weighted by molar-refractivity contribution is -0.0424. The van der Waals surface area contributed by atoms with Crippen LogP contribution in [0.5, 0.6) is 5.88 Å².